The molecular weight excluding hydrogens is 412 g/mol. The van der Waals surface area contributed by atoms with Gasteiger partial charge in [-0.1, -0.05) is 6.07 Å². The van der Waals surface area contributed by atoms with Gasteiger partial charge in [0.1, 0.15) is 0 Å². The summed E-state index contributed by atoms with van der Waals surface area (Å²) in [5.74, 6) is 0. The van der Waals surface area contributed by atoms with E-state index in [9.17, 15) is 13.2 Å². The average molecular weight is 420 g/mol. The summed E-state index contributed by atoms with van der Waals surface area (Å²) in [7, 11) is 0. The fourth-order valence-electron chi connectivity index (χ4n) is 2.16. The quantitative estimate of drug-likeness (QED) is 0.418. The van der Waals surface area contributed by atoms with Crippen LogP contribution in [0.1, 0.15) is 5.56 Å². The molecule has 0 saturated heterocycles. The van der Waals surface area contributed by atoms with Gasteiger partial charge in [-0.25, -0.2) is 0 Å². The summed E-state index contributed by atoms with van der Waals surface area (Å²) in [4.78, 5) is 3.02. The highest BCUT2D eigenvalue weighted by atomic mass is 127. The molecule has 0 spiro atoms. The van der Waals surface area contributed by atoms with Crippen LogP contribution < -0.4 is 0 Å². The third kappa shape index (κ3) is 2.71. The number of rotatable bonds is 1. The number of hydrogen-bond acceptors (Lipinski definition) is 1. The van der Waals surface area contributed by atoms with Gasteiger partial charge in [0.05, 0.1) is 16.6 Å². The van der Waals surface area contributed by atoms with Gasteiger partial charge in [-0.05, 0) is 71.2 Å². The van der Waals surface area contributed by atoms with Gasteiger partial charge in [0, 0.05) is 9.26 Å². The maximum atomic E-state index is 12.8. The fourth-order valence-corrected chi connectivity index (χ4v) is 2.97. The first-order valence-electron chi connectivity index (χ1n) is 5.94. The van der Waals surface area contributed by atoms with Crippen LogP contribution >= 0.6 is 34.8 Å². The second kappa shape index (κ2) is 5.13. The van der Waals surface area contributed by atoms with Crippen LogP contribution in [0.3, 0.4) is 0 Å². The number of benzene rings is 2. The zero-order chi connectivity index (χ0) is 15.2. The van der Waals surface area contributed by atoms with Gasteiger partial charge in [-0.3, -0.25) is 4.57 Å². The topological polar surface area (TPSA) is 20.7 Å². The van der Waals surface area contributed by atoms with E-state index in [4.69, 9.17) is 12.2 Å². The minimum atomic E-state index is -4.38. The molecule has 1 aromatic heterocycles. The van der Waals surface area contributed by atoms with Crippen molar-refractivity contribution in [2.24, 2.45) is 0 Å². The molecule has 1 N–H and O–H groups in total. The second-order valence-corrected chi connectivity index (χ2v) is 6.11. The van der Waals surface area contributed by atoms with Crippen molar-refractivity contribution in [2.75, 3.05) is 0 Å². The molecule has 0 unspecified atom stereocenters. The van der Waals surface area contributed by atoms with E-state index in [1.54, 1.807) is 10.6 Å². The standard InChI is InChI=1S/C14H8F3IN2S/c15-14(16,17)8-2-1-3-10(6-8)20-12-5-4-9(18)7-11(12)19-13(20)21/h1-7H,(H,19,21). The van der Waals surface area contributed by atoms with Crippen LogP contribution in [0.2, 0.25) is 0 Å². The molecular formula is C14H8F3IN2S. The molecule has 7 heteroatoms. The number of imidazole rings is 1. The molecule has 0 atom stereocenters. The maximum absolute atomic E-state index is 12.8. The lowest BCUT2D eigenvalue weighted by atomic mass is 10.2. The molecule has 2 aromatic carbocycles. The predicted octanol–water partition coefficient (Wildman–Crippen LogP) is 5.31. The number of nitrogens with one attached hydrogen (secondary N) is 1. The molecule has 0 fully saturated rings. The van der Waals surface area contributed by atoms with E-state index in [1.165, 1.54) is 6.07 Å². The third-order valence-corrected chi connectivity index (χ3v) is 4.03. The molecule has 0 aliphatic carbocycles. The molecule has 0 radical (unpaired) electrons. The van der Waals surface area contributed by atoms with Crippen LogP contribution in [0.5, 0.6) is 0 Å². The summed E-state index contributed by atoms with van der Waals surface area (Å²) < 4.78 is 41.5. The predicted molar refractivity (Wildman–Crippen MR) is 86.2 cm³/mol. The lowest BCUT2D eigenvalue weighted by molar-refractivity contribution is -0.137. The zero-order valence-electron chi connectivity index (χ0n) is 10.4. The monoisotopic (exact) mass is 420 g/mol. The summed E-state index contributed by atoms with van der Waals surface area (Å²) >= 11 is 7.41. The molecule has 0 bridgehead atoms. The average Bonchev–Trinajstić information content (AvgIpc) is 2.73. The normalized spacial score (nSPS) is 12.0. The number of hydrogen-bond donors (Lipinski definition) is 1. The highest BCUT2D eigenvalue weighted by molar-refractivity contribution is 14.1. The van der Waals surface area contributed by atoms with Gasteiger partial charge in [-0.15, -0.1) is 0 Å². The molecule has 21 heavy (non-hydrogen) atoms. The number of H-pyrrole nitrogens is 1. The molecule has 3 rings (SSSR count). The zero-order valence-corrected chi connectivity index (χ0v) is 13.4. The highest BCUT2D eigenvalue weighted by Gasteiger charge is 2.30. The number of halogens is 4. The Kier molecular flexibility index (Phi) is 3.56. The Hall–Kier alpha value is -1.35. The molecule has 0 aliphatic heterocycles. The lowest BCUT2D eigenvalue weighted by Crippen LogP contribution is -2.06. The van der Waals surface area contributed by atoms with E-state index in [1.807, 2.05) is 18.2 Å². The van der Waals surface area contributed by atoms with Crippen molar-refractivity contribution in [1.82, 2.24) is 9.55 Å². The van der Waals surface area contributed by atoms with Crippen LogP contribution in [0.4, 0.5) is 13.2 Å². The molecule has 2 nitrogen and oxygen atoms in total. The maximum Gasteiger partial charge on any atom is 0.416 e. The van der Waals surface area contributed by atoms with E-state index in [2.05, 4.69) is 27.6 Å². The molecule has 108 valence electrons. The van der Waals surface area contributed by atoms with Gasteiger partial charge < -0.3 is 4.98 Å². The minimum absolute atomic E-state index is 0.367. The Morgan fingerprint density at radius 2 is 1.86 bits per heavy atom. The number of nitrogens with zero attached hydrogens (tertiary/aromatic N) is 1. The summed E-state index contributed by atoms with van der Waals surface area (Å²) in [5, 5.41) is 0. The summed E-state index contributed by atoms with van der Waals surface area (Å²) in [6.45, 7) is 0. The van der Waals surface area contributed by atoms with E-state index in [-0.39, 0.29) is 0 Å². The fraction of sp³-hybridized carbons (Fsp3) is 0.0714. The largest absolute Gasteiger partial charge is 0.416 e. The van der Waals surface area contributed by atoms with Crippen molar-refractivity contribution in [3.05, 3.63) is 56.4 Å². The second-order valence-electron chi connectivity index (χ2n) is 4.48. The van der Waals surface area contributed by atoms with Gasteiger partial charge >= 0.3 is 6.18 Å². The van der Waals surface area contributed by atoms with E-state index in [0.29, 0.717) is 10.5 Å². The molecule has 0 amide bonds. The van der Waals surface area contributed by atoms with Crippen molar-refractivity contribution in [1.29, 1.82) is 0 Å². The van der Waals surface area contributed by atoms with E-state index in [0.717, 1.165) is 26.7 Å². The van der Waals surface area contributed by atoms with Gasteiger partial charge in [0.2, 0.25) is 0 Å². The van der Waals surface area contributed by atoms with E-state index >= 15 is 0 Å². The van der Waals surface area contributed by atoms with Gasteiger partial charge in [-0.2, -0.15) is 13.2 Å². The molecule has 3 aromatic rings. The van der Waals surface area contributed by atoms with Gasteiger partial charge in [0.15, 0.2) is 4.77 Å². The van der Waals surface area contributed by atoms with Crippen LogP contribution in [-0.4, -0.2) is 9.55 Å². The Morgan fingerprint density at radius 3 is 2.57 bits per heavy atom. The Balaban J connectivity index is 2.26. The van der Waals surface area contributed by atoms with Crippen LogP contribution in [0.25, 0.3) is 16.7 Å². The van der Waals surface area contributed by atoms with Crippen molar-refractivity contribution < 1.29 is 13.2 Å². The first kappa shape index (κ1) is 14.6. The summed E-state index contributed by atoms with van der Waals surface area (Å²) in [6, 6.07) is 10.8. The van der Waals surface area contributed by atoms with Crippen molar-refractivity contribution in [3.63, 3.8) is 0 Å². The Labute approximate surface area is 136 Å². The van der Waals surface area contributed by atoms with Crippen molar-refractivity contribution >= 4 is 45.8 Å². The number of fused-ring (bicyclic) bond motifs is 1. The first-order valence-corrected chi connectivity index (χ1v) is 7.43. The molecule has 0 aliphatic rings. The first-order chi connectivity index (χ1) is 9.86. The van der Waals surface area contributed by atoms with E-state index < -0.39 is 11.7 Å². The van der Waals surface area contributed by atoms with Crippen molar-refractivity contribution in [2.45, 2.75) is 6.18 Å². The summed E-state index contributed by atoms with van der Waals surface area (Å²) in [6.07, 6.45) is -4.38. The van der Waals surface area contributed by atoms with Gasteiger partial charge in [0.25, 0.3) is 0 Å². The number of aromatic amines is 1. The number of aromatic nitrogens is 2. The smallest absolute Gasteiger partial charge is 0.330 e. The van der Waals surface area contributed by atoms with Crippen LogP contribution in [0, 0.1) is 8.34 Å². The third-order valence-electron chi connectivity index (χ3n) is 3.08. The molecule has 1 heterocycles. The Bertz CT molecular complexity index is 880. The highest BCUT2D eigenvalue weighted by Crippen LogP contribution is 2.31. The lowest BCUT2D eigenvalue weighted by Gasteiger charge is -2.10. The van der Waals surface area contributed by atoms with Crippen molar-refractivity contribution in [3.8, 4) is 5.69 Å². The SMILES string of the molecule is FC(F)(F)c1cccc(-n2c(=S)[nH]c3cc(I)ccc32)c1. The summed E-state index contributed by atoms with van der Waals surface area (Å²) in [5.41, 5.74) is 1.24. The minimum Gasteiger partial charge on any atom is -0.330 e. The number of alkyl halides is 3. The van der Waals surface area contributed by atoms with Crippen LogP contribution in [0.15, 0.2) is 42.5 Å². The molecule has 0 saturated carbocycles. The Morgan fingerprint density at radius 1 is 1.10 bits per heavy atom. The van der Waals surface area contributed by atoms with Crippen LogP contribution in [-0.2, 0) is 6.18 Å².